The molecule has 24 heavy (non-hydrogen) atoms. The van der Waals surface area contributed by atoms with E-state index < -0.39 is 6.04 Å². The molecule has 3 N–H and O–H groups in total. The molecular formula is C17H32N4O3. The van der Waals surface area contributed by atoms with Crippen molar-refractivity contribution in [3.63, 3.8) is 0 Å². The molecule has 7 nitrogen and oxygen atoms in total. The van der Waals surface area contributed by atoms with Crippen LogP contribution >= 0.6 is 0 Å². The lowest BCUT2D eigenvalue weighted by molar-refractivity contribution is -0.134. The monoisotopic (exact) mass is 340 g/mol. The largest absolute Gasteiger partial charge is 0.381 e. The summed E-state index contributed by atoms with van der Waals surface area (Å²) < 4.78 is 5.40. The van der Waals surface area contributed by atoms with Crippen LogP contribution in [0.3, 0.4) is 0 Å². The second-order valence-electron chi connectivity index (χ2n) is 7.22. The molecule has 0 radical (unpaired) electrons. The van der Waals surface area contributed by atoms with Gasteiger partial charge in [0.25, 0.3) is 0 Å². The molecule has 2 heterocycles. The minimum Gasteiger partial charge on any atom is -0.381 e. The first-order chi connectivity index (χ1) is 11.5. The van der Waals surface area contributed by atoms with Gasteiger partial charge in [-0.1, -0.05) is 13.8 Å². The van der Waals surface area contributed by atoms with Crippen molar-refractivity contribution in [1.29, 1.82) is 0 Å². The van der Waals surface area contributed by atoms with Crippen LogP contribution in [0.15, 0.2) is 0 Å². The molecule has 0 unspecified atom stereocenters. The van der Waals surface area contributed by atoms with E-state index in [0.717, 1.165) is 64.7 Å². The average Bonchev–Trinajstić information content (AvgIpc) is 2.60. The molecule has 0 aromatic rings. The highest BCUT2D eigenvalue weighted by Gasteiger charge is 2.25. The summed E-state index contributed by atoms with van der Waals surface area (Å²) in [7, 11) is 0. The summed E-state index contributed by atoms with van der Waals surface area (Å²) in [5.74, 6) is 0.508. The fourth-order valence-corrected chi connectivity index (χ4v) is 3.17. The van der Waals surface area contributed by atoms with Crippen molar-refractivity contribution < 1.29 is 14.3 Å². The number of nitrogens with zero attached hydrogens (tertiary/aromatic N) is 2. The Balaban J connectivity index is 1.66. The van der Waals surface area contributed by atoms with Crippen molar-refractivity contribution in [2.24, 2.45) is 17.6 Å². The molecule has 0 aromatic heterocycles. The molecule has 0 aromatic carbocycles. The molecule has 138 valence electrons. The quantitative estimate of drug-likeness (QED) is 0.690. The van der Waals surface area contributed by atoms with Gasteiger partial charge in [0.2, 0.25) is 11.8 Å². The van der Waals surface area contributed by atoms with Crippen LogP contribution in [0.5, 0.6) is 0 Å². The van der Waals surface area contributed by atoms with Crippen LogP contribution in [0.4, 0.5) is 0 Å². The van der Waals surface area contributed by atoms with Crippen LogP contribution in [0.25, 0.3) is 0 Å². The first-order valence-electron chi connectivity index (χ1n) is 9.08. The molecule has 2 fully saturated rings. The number of hydrogen-bond donors (Lipinski definition) is 2. The first kappa shape index (κ1) is 19.1. The standard InChI is InChI=1S/C17H32N4O3/c1-13(2)16(18)17(23)19-11-15(22)21-7-5-20(6-8-21)12-14-3-9-24-10-4-14/h13-14,16H,3-12,18H2,1-2H3,(H,19,23)/t16-/m0/s1. The van der Waals surface area contributed by atoms with Gasteiger partial charge in [-0.2, -0.15) is 0 Å². The lowest BCUT2D eigenvalue weighted by Crippen LogP contribution is -2.53. The van der Waals surface area contributed by atoms with Gasteiger partial charge in [0.05, 0.1) is 12.6 Å². The van der Waals surface area contributed by atoms with Crippen molar-refractivity contribution >= 4 is 11.8 Å². The average molecular weight is 340 g/mol. The van der Waals surface area contributed by atoms with E-state index in [1.54, 1.807) is 0 Å². The Bertz CT molecular complexity index is 416. The van der Waals surface area contributed by atoms with Gasteiger partial charge in [-0.25, -0.2) is 0 Å². The predicted octanol–water partition coefficient (Wildman–Crippen LogP) is -0.343. The number of nitrogens with two attached hydrogens (primary N) is 1. The van der Waals surface area contributed by atoms with E-state index in [9.17, 15) is 9.59 Å². The predicted molar refractivity (Wildman–Crippen MR) is 92.4 cm³/mol. The van der Waals surface area contributed by atoms with E-state index in [0.29, 0.717) is 0 Å². The summed E-state index contributed by atoms with van der Waals surface area (Å²) in [6, 6.07) is -0.561. The zero-order valence-corrected chi connectivity index (χ0v) is 15.0. The van der Waals surface area contributed by atoms with E-state index in [-0.39, 0.29) is 24.3 Å². The lowest BCUT2D eigenvalue weighted by Gasteiger charge is -2.37. The fraction of sp³-hybridized carbons (Fsp3) is 0.882. The van der Waals surface area contributed by atoms with Crippen LogP contribution in [0, 0.1) is 11.8 Å². The van der Waals surface area contributed by atoms with Crippen molar-refractivity contribution in [3.8, 4) is 0 Å². The normalized spacial score (nSPS) is 21.8. The summed E-state index contributed by atoms with van der Waals surface area (Å²) in [5, 5.41) is 2.66. The Morgan fingerprint density at radius 2 is 1.79 bits per heavy atom. The van der Waals surface area contributed by atoms with Crippen molar-refractivity contribution in [3.05, 3.63) is 0 Å². The zero-order chi connectivity index (χ0) is 17.5. The van der Waals surface area contributed by atoms with Gasteiger partial charge in [0.15, 0.2) is 0 Å². The molecule has 7 heteroatoms. The lowest BCUT2D eigenvalue weighted by atomic mass is 9.99. The van der Waals surface area contributed by atoms with Gasteiger partial charge in [-0.15, -0.1) is 0 Å². The van der Waals surface area contributed by atoms with Crippen LogP contribution in [-0.2, 0) is 14.3 Å². The van der Waals surface area contributed by atoms with Gasteiger partial charge in [-0.3, -0.25) is 14.5 Å². The van der Waals surface area contributed by atoms with Gasteiger partial charge >= 0.3 is 0 Å². The molecular weight excluding hydrogens is 308 g/mol. The molecule has 0 saturated carbocycles. The zero-order valence-electron chi connectivity index (χ0n) is 15.0. The molecule has 2 aliphatic heterocycles. The molecule has 0 bridgehead atoms. The topological polar surface area (TPSA) is 87.9 Å². The first-order valence-corrected chi connectivity index (χ1v) is 9.08. The van der Waals surface area contributed by atoms with Gasteiger partial charge in [0, 0.05) is 45.9 Å². The van der Waals surface area contributed by atoms with Gasteiger partial charge in [-0.05, 0) is 24.7 Å². The Labute approximate surface area is 144 Å². The Morgan fingerprint density at radius 1 is 1.17 bits per heavy atom. The van der Waals surface area contributed by atoms with E-state index in [1.165, 1.54) is 0 Å². The SMILES string of the molecule is CC(C)[C@H](N)C(=O)NCC(=O)N1CCN(CC2CCOCC2)CC1. The van der Waals surface area contributed by atoms with Crippen molar-refractivity contribution in [2.75, 3.05) is 52.5 Å². The maximum absolute atomic E-state index is 12.2. The van der Waals surface area contributed by atoms with Crippen LogP contribution in [0.1, 0.15) is 26.7 Å². The van der Waals surface area contributed by atoms with Crippen LogP contribution in [0.2, 0.25) is 0 Å². The summed E-state index contributed by atoms with van der Waals surface area (Å²) in [5.41, 5.74) is 5.78. The minimum atomic E-state index is -0.561. The van der Waals surface area contributed by atoms with E-state index in [2.05, 4.69) is 10.2 Å². The highest BCUT2D eigenvalue weighted by Crippen LogP contribution is 2.17. The number of rotatable bonds is 6. The molecule has 2 rings (SSSR count). The van der Waals surface area contributed by atoms with E-state index >= 15 is 0 Å². The number of ether oxygens (including phenoxy) is 1. The number of carbonyl (C=O) groups is 2. The molecule has 0 spiro atoms. The van der Waals surface area contributed by atoms with Crippen molar-refractivity contribution in [1.82, 2.24) is 15.1 Å². The molecule has 2 aliphatic rings. The maximum Gasteiger partial charge on any atom is 0.242 e. The van der Waals surface area contributed by atoms with E-state index in [4.69, 9.17) is 10.5 Å². The summed E-state index contributed by atoms with van der Waals surface area (Å²) in [4.78, 5) is 28.3. The Hall–Kier alpha value is -1.18. The Morgan fingerprint density at radius 3 is 2.38 bits per heavy atom. The fourth-order valence-electron chi connectivity index (χ4n) is 3.17. The molecule has 0 aliphatic carbocycles. The third kappa shape index (κ3) is 5.72. The third-order valence-electron chi connectivity index (χ3n) is 5.02. The van der Waals surface area contributed by atoms with Crippen molar-refractivity contribution in [2.45, 2.75) is 32.7 Å². The van der Waals surface area contributed by atoms with Crippen LogP contribution < -0.4 is 11.1 Å². The second-order valence-corrected chi connectivity index (χ2v) is 7.22. The van der Waals surface area contributed by atoms with Crippen LogP contribution in [-0.4, -0.2) is 80.1 Å². The van der Waals surface area contributed by atoms with E-state index in [1.807, 2.05) is 18.7 Å². The summed E-state index contributed by atoms with van der Waals surface area (Å²) in [6.45, 7) is 9.95. The molecule has 2 amide bonds. The number of carbonyl (C=O) groups excluding carboxylic acids is 2. The number of hydrogen-bond acceptors (Lipinski definition) is 5. The maximum atomic E-state index is 12.2. The third-order valence-corrected chi connectivity index (χ3v) is 5.02. The highest BCUT2D eigenvalue weighted by molar-refractivity contribution is 5.87. The summed E-state index contributed by atoms with van der Waals surface area (Å²) in [6.07, 6.45) is 2.28. The molecule has 2 saturated heterocycles. The number of piperazine rings is 1. The smallest absolute Gasteiger partial charge is 0.242 e. The van der Waals surface area contributed by atoms with Gasteiger partial charge < -0.3 is 20.7 Å². The summed E-state index contributed by atoms with van der Waals surface area (Å²) >= 11 is 0. The minimum absolute atomic E-state index is 0.0231. The highest BCUT2D eigenvalue weighted by atomic mass is 16.5. The second kappa shape index (κ2) is 9.34. The number of amides is 2. The Kier molecular flexibility index (Phi) is 7.45. The van der Waals surface area contributed by atoms with Gasteiger partial charge in [0.1, 0.15) is 0 Å². The molecule has 1 atom stereocenters. The number of nitrogens with one attached hydrogen (secondary N) is 1.